The first-order chi connectivity index (χ1) is 5.31. The van der Waals surface area contributed by atoms with Gasteiger partial charge in [-0.3, -0.25) is 0 Å². The Bertz CT molecular complexity index is 129. The van der Waals surface area contributed by atoms with Crippen LogP contribution in [-0.4, -0.2) is 26.8 Å². The van der Waals surface area contributed by atoms with Crippen molar-refractivity contribution in [1.29, 1.82) is 0 Å². The lowest BCUT2D eigenvalue weighted by Crippen LogP contribution is -1.93. The van der Waals surface area contributed by atoms with E-state index in [0.29, 0.717) is 0 Å². The molecule has 0 radical (unpaired) electrons. The van der Waals surface area contributed by atoms with Gasteiger partial charge in [0, 0.05) is 19.8 Å². The Labute approximate surface area is 67.0 Å². The van der Waals surface area contributed by atoms with Crippen LogP contribution in [0.25, 0.3) is 0 Å². The predicted molar refractivity (Wildman–Crippen MR) is 42.3 cm³/mol. The molecule has 0 amide bonds. The van der Waals surface area contributed by atoms with Gasteiger partial charge in [0.25, 0.3) is 0 Å². The smallest absolute Gasteiger partial charge is 0.330 e. The highest BCUT2D eigenvalue weighted by atomic mass is 16.5. The summed E-state index contributed by atoms with van der Waals surface area (Å²) in [5.41, 5.74) is 0. The Morgan fingerprint density at radius 3 is 2.73 bits per heavy atom. The molecule has 3 heteroatoms. The topological polar surface area (TPSA) is 35.5 Å². The largest absolute Gasteiger partial charge is 0.466 e. The van der Waals surface area contributed by atoms with Crippen molar-refractivity contribution in [1.82, 2.24) is 0 Å². The Hall–Kier alpha value is -0.830. The van der Waals surface area contributed by atoms with Gasteiger partial charge in [-0.25, -0.2) is 4.79 Å². The first-order valence-corrected chi connectivity index (χ1v) is 3.54. The lowest BCUT2D eigenvalue weighted by Gasteiger charge is -1.93. The van der Waals surface area contributed by atoms with E-state index in [0.717, 1.165) is 19.4 Å². The number of hydrogen-bond donors (Lipinski definition) is 0. The second-order valence-electron chi connectivity index (χ2n) is 2.06. The standard InChI is InChI=1S/C8H14O3/c1-10-7-5-3-4-6-8(9)11-2/h4,6H,3,5,7H2,1-2H3/b6-4+. The summed E-state index contributed by atoms with van der Waals surface area (Å²) >= 11 is 0. The summed E-state index contributed by atoms with van der Waals surface area (Å²) in [4.78, 5) is 10.5. The summed E-state index contributed by atoms with van der Waals surface area (Å²) in [5, 5.41) is 0. The molecule has 0 rings (SSSR count). The van der Waals surface area contributed by atoms with Crippen LogP contribution < -0.4 is 0 Å². The Morgan fingerprint density at radius 1 is 1.45 bits per heavy atom. The average Bonchev–Trinajstić information content (AvgIpc) is 2.04. The van der Waals surface area contributed by atoms with Gasteiger partial charge in [-0.05, 0) is 12.8 Å². The predicted octanol–water partition coefficient (Wildman–Crippen LogP) is 1.14. The zero-order valence-electron chi connectivity index (χ0n) is 7.00. The van der Waals surface area contributed by atoms with E-state index in [9.17, 15) is 4.79 Å². The lowest BCUT2D eigenvalue weighted by atomic mass is 10.3. The van der Waals surface area contributed by atoms with E-state index >= 15 is 0 Å². The zero-order chi connectivity index (χ0) is 8.53. The van der Waals surface area contributed by atoms with Gasteiger partial charge < -0.3 is 9.47 Å². The third-order valence-electron chi connectivity index (χ3n) is 1.17. The number of carbonyl (C=O) groups excluding carboxylic acids is 1. The molecular weight excluding hydrogens is 144 g/mol. The molecule has 0 atom stereocenters. The van der Waals surface area contributed by atoms with Gasteiger partial charge in [0.2, 0.25) is 0 Å². The fourth-order valence-corrected chi connectivity index (χ4v) is 0.593. The molecule has 0 aliphatic heterocycles. The van der Waals surface area contributed by atoms with Crippen molar-refractivity contribution < 1.29 is 14.3 Å². The minimum atomic E-state index is -0.303. The molecule has 3 nitrogen and oxygen atoms in total. The van der Waals surface area contributed by atoms with Crippen LogP contribution in [0.4, 0.5) is 0 Å². The molecule has 0 aliphatic rings. The maximum atomic E-state index is 10.5. The molecule has 0 aliphatic carbocycles. The molecular formula is C8H14O3. The van der Waals surface area contributed by atoms with Crippen LogP contribution in [0, 0.1) is 0 Å². The van der Waals surface area contributed by atoms with Crippen molar-refractivity contribution in [3.05, 3.63) is 12.2 Å². The van der Waals surface area contributed by atoms with Crippen LogP contribution in [0.5, 0.6) is 0 Å². The lowest BCUT2D eigenvalue weighted by molar-refractivity contribution is -0.134. The number of ether oxygens (including phenoxy) is 2. The van der Waals surface area contributed by atoms with Gasteiger partial charge in [-0.2, -0.15) is 0 Å². The van der Waals surface area contributed by atoms with Crippen LogP contribution in [0.3, 0.4) is 0 Å². The quantitative estimate of drug-likeness (QED) is 0.342. The molecule has 0 saturated heterocycles. The second-order valence-corrected chi connectivity index (χ2v) is 2.06. The SMILES string of the molecule is COCCC/C=C/C(=O)OC. The molecule has 0 aromatic heterocycles. The van der Waals surface area contributed by atoms with E-state index in [1.54, 1.807) is 13.2 Å². The van der Waals surface area contributed by atoms with Crippen LogP contribution in [0.1, 0.15) is 12.8 Å². The first-order valence-electron chi connectivity index (χ1n) is 3.54. The monoisotopic (exact) mass is 158 g/mol. The molecule has 0 heterocycles. The molecule has 0 spiro atoms. The average molecular weight is 158 g/mol. The van der Waals surface area contributed by atoms with Crippen LogP contribution in [0.2, 0.25) is 0 Å². The van der Waals surface area contributed by atoms with Crippen molar-refractivity contribution in [3.8, 4) is 0 Å². The van der Waals surface area contributed by atoms with Crippen molar-refractivity contribution in [2.45, 2.75) is 12.8 Å². The van der Waals surface area contributed by atoms with Gasteiger partial charge in [0.15, 0.2) is 0 Å². The fraction of sp³-hybridized carbons (Fsp3) is 0.625. The van der Waals surface area contributed by atoms with Gasteiger partial charge in [-0.1, -0.05) is 6.08 Å². The van der Waals surface area contributed by atoms with Crippen LogP contribution in [-0.2, 0) is 14.3 Å². The van der Waals surface area contributed by atoms with E-state index in [4.69, 9.17) is 4.74 Å². The minimum Gasteiger partial charge on any atom is -0.466 e. The van der Waals surface area contributed by atoms with Gasteiger partial charge in [0.05, 0.1) is 7.11 Å². The molecule has 0 bridgehead atoms. The third kappa shape index (κ3) is 7.06. The van der Waals surface area contributed by atoms with E-state index in [-0.39, 0.29) is 5.97 Å². The molecule has 0 saturated carbocycles. The molecule has 0 N–H and O–H groups in total. The highest BCUT2D eigenvalue weighted by Crippen LogP contribution is 1.91. The summed E-state index contributed by atoms with van der Waals surface area (Å²) in [6, 6.07) is 0. The minimum absolute atomic E-state index is 0.303. The Kier molecular flexibility index (Phi) is 6.73. The molecule has 11 heavy (non-hydrogen) atoms. The molecule has 64 valence electrons. The van der Waals surface area contributed by atoms with Gasteiger partial charge >= 0.3 is 5.97 Å². The number of hydrogen-bond acceptors (Lipinski definition) is 3. The summed E-state index contributed by atoms with van der Waals surface area (Å²) in [6.07, 6.45) is 4.99. The molecule has 0 unspecified atom stereocenters. The highest BCUT2D eigenvalue weighted by Gasteiger charge is 1.88. The fourth-order valence-electron chi connectivity index (χ4n) is 0.593. The molecule has 0 aromatic carbocycles. The summed E-state index contributed by atoms with van der Waals surface area (Å²) in [6.45, 7) is 0.728. The number of carbonyl (C=O) groups is 1. The van der Waals surface area contributed by atoms with E-state index in [1.807, 2.05) is 0 Å². The maximum absolute atomic E-state index is 10.5. The second kappa shape index (κ2) is 7.28. The van der Waals surface area contributed by atoms with E-state index in [2.05, 4.69) is 4.74 Å². The van der Waals surface area contributed by atoms with Gasteiger partial charge in [0.1, 0.15) is 0 Å². The van der Waals surface area contributed by atoms with Crippen LogP contribution in [0.15, 0.2) is 12.2 Å². The van der Waals surface area contributed by atoms with Crippen molar-refractivity contribution >= 4 is 5.97 Å². The number of unbranched alkanes of at least 4 members (excludes halogenated alkanes) is 1. The Morgan fingerprint density at radius 2 is 2.18 bits per heavy atom. The third-order valence-corrected chi connectivity index (χ3v) is 1.17. The number of rotatable bonds is 5. The highest BCUT2D eigenvalue weighted by molar-refractivity contribution is 5.81. The van der Waals surface area contributed by atoms with E-state index < -0.39 is 0 Å². The number of esters is 1. The first kappa shape index (κ1) is 10.2. The van der Waals surface area contributed by atoms with Gasteiger partial charge in [-0.15, -0.1) is 0 Å². The summed E-state index contributed by atoms with van der Waals surface area (Å²) < 4.78 is 9.22. The van der Waals surface area contributed by atoms with Crippen molar-refractivity contribution in [3.63, 3.8) is 0 Å². The van der Waals surface area contributed by atoms with Crippen molar-refractivity contribution in [2.75, 3.05) is 20.8 Å². The molecule has 0 fully saturated rings. The summed E-state index contributed by atoms with van der Waals surface area (Å²) in [7, 11) is 3.02. The normalized spacial score (nSPS) is 10.4. The summed E-state index contributed by atoms with van der Waals surface area (Å²) in [5.74, 6) is -0.303. The van der Waals surface area contributed by atoms with E-state index in [1.165, 1.54) is 13.2 Å². The maximum Gasteiger partial charge on any atom is 0.330 e. The number of allylic oxidation sites excluding steroid dienone is 1. The molecule has 0 aromatic rings. The zero-order valence-corrected chi connectivity index (χ0v) is 7.00. The van der Waals surface area contributed by atoms with Crippen molar-refractivity contribution in [2.24, 2.45) is 0 Å². The van der Waals surface area contributed by atoms with Crippen LogP contribution >= 0.6 is 0 Å². The Balaban J connectivity index is 3.22. The number of methoxy groups -OCH3 is 2.